The van der Waals surface area contributed by atoms with E-state index in [1.54, 1.807) is 12.1 Å². The van der Waals surface area contributed by atoms with E-state index in [-0.39, 0.29) is 5.82 Å². The Kier molecular flexibility index (Phi) is 2.56. The van der Waals surface area contributed by atoms with Crippen LogP contribution in [0.3, 0.4) is 0 Å². The average molecular weight is 221 g/mol. The maximum absolute atomic E-state index is 12.7. The molecule has 2 saturated heterocycles. The highest BCUT2D eigenvalue weighted by atomic mass is 19.1. The first-order valence-corrected chi connectivity index (χ1v) is 5.98. The van der Waals surface area contributed by atoms with Gasteiger partial charge in [0.15, 0.2) is 0 Å². The molecule has 2 nitrogen and oxygen atoms in total. The second-order valence-corrected chi connectivity index (χ2v) is 4.80. The van der Waals surface area contributed by atoms with E-state index in [2.05, 4.69) is 5.32 Å². The summed E-state index contributed by atoms with van der Waals surface area (Å²) >= 11 is 0. The van der Waals surface area contributed by atoms with Gasteiger partial charge in [0.2, 0.25) is 0 Å². The van der Waals surface area contributed by atoms with Crippen LogP contribution in [0.4, 0.5) is 4.39 Å². The zero-order valence-corrected chi connectivity index (χ0v) is 9.16. The average Bonchev–Trinajstić information content (AvgIpc) is 2.62. The molecule has 0 aromatic heterocycles. The Morgan fingerprint density at radius 1 is 1.06 bits per heavy atom. The second kappa shape index (κ2) is 4.06. The molecule has 3 heteroatoms. The molecular formula is C13H16FNO. The van der Waals surface area contributed by atoms with Crippen molar-refractivity contribution >= 4 is 0 Å². The lowest BCUT2D eigenvalue weighted by molar-refractivity contribution is 0.137. The van der Waals surface area contributed by atoms with Crippen molar-refractivity contribution in [3.63, 3.8) is 0 Å². The van der Waals surface area contributed by atoms with Crippen molar-refractivity contribution in [3.8, 4) is 5.75 Å². The van der Waals surface area contributed by atoms with Crippen LogP contribution in [-0.4, -0.2) is 18.2 Å². The molecule has 2 heterocycles. The summed E-state index contributed by atoms with van der Waals surface area (Å²) in [5.41, 5.74) is 0. The van der Waals surface area contributed by atoms with Crippen LogP contribution in [-0.2, 0) is 0 Å². The van der Waals surface area contributed by atoms with Gasteiger partial charge in [-0.2, -0.15) is 0 Å². The number of halogens is 1. The standard InChI is InChI=1S/C13H16FNO/c14-9-1-5-12(6-2-9)16-13-7-10-3-4-11(8-13)15-10/h1-2,5-6,10-11,13,15H,3-4,7-8H2/t10-,11+,13+. The molecule has 2 bridgehead atoms. The number of fused-ring (bicyclic) bond motifs is 2. The molecular weight excluding hydrogens is 205 g/mol. The van der Waals surface area contributed by atoms with E-state index >= 15 is 0 Å². The number of piperidine rings is 1. The van der Waals surface area contributed by atoms with Crippen molar-refractivity contribution in [2.75, 3.05) is 0 Å². The van der Waals surface area contributed by atoms with Gasteiger partial charge in [-0.1, -0.05) is 0 Å². The van der Waals surface area contributed by atoms with Crippen LogP contribution >= 0.6 is 0 Å². The summed E-state index contributed by atoms with van der Waals surface area (Å²) in [6.45, 7) is 0. The van der Waals surface area contributed by atoms with Gasteiger partial charge in [-0.25, -0.2) is 4.39 Å². The normalized spacial score (nSPS) is 32.7. The number of benzene rings is 1. The van der Waals surface area contributed by atoms with E-state index in [0.717, 1.165) is 18.6 Å². The molecule has 16 heavy (non-hydrogen) atoms. The van der Waals surface area contributed by atoms with Gasteiger partial charge in [0.05, 0.1) is 0 Å². The predicted molar refractivity (Wildman–Crippen MR) is 60.0 cm³/mol. The van der Waals surface area contributed by atoms with E-state index in [1.807, 2.05) is 0 Å². The number of nitrogens with one attached hydrogen (secondary N) is 1. The molecule has 2 aliphatic heterocycles. The van der Waals surface area contributed by atoms with Gasteiger partial charge in [0.25, 0.3) is 0 Å². The van der Waals surface area contributed by atoms with Gasteiger partial charge in [-0.3, -0.25) is 0 Å². The fraction of sp³-hybridized carbons (Fsp3) is 0.538. The van der Waals surface area contributed by atoms with Gasteiger partial charge in [0, 0.05) is 12.1 Å². The summed E-state index contributed by atoms with van der Waals surface area (Å²) in [4.78, 5) is 0. The van der Waals surface area contributed by atoms with Gasteiger partial charge < -0.3 is 10.1 Å². The summed E-state index contributed by atoms with van der Waals surface area (Å²) in [6, 6.07) is 7.57. The zero-order valence-electron chi connectivity index (χ0n) is 9.16. The van der Waals surface area contributed by atoms with Crippen LogP contribution in [0.15, 0.2) is 24.3 Å². The molecule has 1 N–H and O–H groups in total. The topological polar surface area (TPSA) is 21.3 Å². The molecule has 3 atom stereocenters. The summed E-state index contributed by atoms with van der Waals surface area (Å²) in [7, 11) is 0. The number of ether oxygens (including phenoxy) is 1. The quantitative estimate of drug-likeness (QED) is 0.828. The van der Waals surface area contributed by atoms with Gasteiger partial charge in [-0.05, 0) is 49.9 Å². The predicted octanol–water partition coefficient (Wildman–Crippen LogP) is 2.49. The molecule has 0 spiro atoms. The lowest BCUT2D eigenvalue weighted by atomic mass is 10.0. The van der Waals surface area contributed by atoms with Crippen molar-refractivity contribution in [2.45, 2.75) is 43.9 Å². The lowest BCUT2D eigenvalue weighted by Gasteiger charge is -2.29. The van der Waals surface area contributed by atoms with Crippen molar-refractivity contribution in [1.29, 1.82) is 0 Å². The van der Waals surface area contributed by atoms with Crippen molar-refractivity contribution in [3.05, 3.63) is 30.1 Å². The van der Waals surface area contributed by atoms with Crippen molar-refractivity contribution < 1.29 is 9.13 Å². The molecule has 0 saturated carbocycles. The summed E-state index contributed by atoms with van der Waals surface area (Å²) in [5, 5.41) is 3.58. The lowest BCUT2D eigenvalue weighted by Crippen LogP contribution is -2.42. The SMILES string of the molecule is Fc1ccc(O[C@H]2C[C@H]3CC[C@@H](C2)N3)cc1. The Morgan fingerprint density at radius 3 is 2.31 bits per heavy atom. The Balaban J connectivity index is 1.64. The zero-order chi connectivity index (χ0) is 11.0. The number of hydrogen-bond donors (Lipinski definition) is 1. The Labute approximate surface area is 94.8 Å². The Hall–Kier alpha value is -1.09. The summed E-state index contributed by atoms with van der Waals surface area (Å²) in [5.74, 6) is 0.574. The van der Waals surface area contributed by atoms with E-state index in [0.29, 0.717) is 18.2 Å². The monoisotopic (exact) mass is 221 g/mol. The highest BCUT2D eigenvalue weighted by Gasteiger charge is 2.34. The van der Waals surface area contributed by atoms with Crippen molar-refractivity contribution in [2.24, 2.45) is 0 Å². The van der Waals surface area contributed by atoms with Gasteiger partial charge in [-0.15, -0.1) is 0 Å². The molecule has 0 unspecified atom stereocenters. The third-order valence-corrected chi connectivity index (χ3v) is 3.55. The van der Waals surface area contributed by atoms with Crippen LogP contribution in [0.1, 0.15) is 25.7 Å². The molecule has 86 valence electrons. The van der Waals surface area contributed by atoms with Gasteiger partial charge in [0.1, 0.15) is 17.7 Å². The van der Waals surface area contributed by atoms with E-state index in [1.165, 1.54) is 25.0 Å². The fourth-order valence-electron chi connectivity index (χ4n) is 2.81. The first-order chi connectivity index (χ1) is 7.79. The molecule has 0 amide bonds. The Bertz CT molecular complexity index is 353. The minimum atomic E-state index is -0.210. The number of hydrogen-bond acceptors (Lipinski definition) is 2. The Morgan fingerprint density at radius 2 is 1.69 bits per heavy atom. The first kappa shape index (κ1) is 10.1. The third kappa shape index (κ3) is 2.05. The molecule has 2 fully saturated rings. The van der Waals surface area contributed by atoms with E-state index in [4.69, 9.17) is 4.74 Å². The molecule has 0 aliphatic carbocycles. The van der Waals surface area contributed by atoms with Gasteiger partial charge >= 0.3 is 0 Å². The van der Waals surface area contributed by atoms with Crippen LogP contribution < -0.4 is 10.1 Å². The largest absolute Gasteiger partial charge is 0.490 e. The van der Waals surface area contributed by atoms with Crippen LogP contribution in [0.5, 0.6) is 5.75 Å². The number of rotatable bonds is 2. The fourth-order valence-corrected chi connectivity index (χ4v) is 2.81. The van der Waals surface area contributed by atoms with Crippen LogP contribution in [0.25, 0.3) is 0 Å². The minimum absolute atomic E-state index is 0.210. The first-order valence-electron chi connectivity index (χ1n) is 5.98. The van der Waals surface area contributed by atoms with Crippen LogP contribution in [0, 0.1) is 5.82 Å². The highest BCUT2D eigenvalue weighted by Crippen LogP contribution is 2.29. The summed E-state index contributed by atoms with van der Waals surface area (Å²) < 4.78 is 18.6. The molecule has 1 aromatic carbocycles. The second-order valence-electron chi connectivity index (χ2n) is 4.80. The maximum Gasteiger partial charge on any atom is 0.123 e. The van der Waals surface area contributed by atoms with E-state index in [9.17, 15) is 4.39 Å². The molecule has 3 rings (SSSR count). The van der Waals surface area contributed by atoms with E-state index < -0.39 is 0 Å². The smallest absolute Gasteiger partial charge is 0.123 e. The molecule has 0 radical (unpaired) electrons. The maximum atomic E-state index is 12.7. The molecule has 1 aromatic rings. The summed E-state index contributed by atoms with van der Waals surface area (Å²) in [6.07, 6.45) is 4.99. The van der Waals surface area contributed by atoms with Crippen molar-refractivity contribution in [1.82, 2.24) is 5.32 Å². The third-order valence-electron chi connectivity index (χ3n) is 3.55. The molecule has 2 aliphatic rings. The van der Waals surface area contributed by atoms with Crippen LogP contribution in [0.2, 0.25) is 0 Å². The highest BCUT2D eigenvalue weighted by molar-refractivity contribution is 5.22. The minimum Gasteiger partial charge on any atom is -0.490 e.